The minimum absolute atomic E-state index is 0.0241. The largest absolute Gasteiger partial charge is 0.284 e. The van der Waals surface area contributed by atoms with Crippen LogP contribution < -0.4 is 0 Å². The Kier molecular flexibility index (Phi) is 3.33. The van der Waals surface area contributed by atoms with Gasteiger partial charge in [-0.15, -0.1) is 0 Å². The van der Waals surface area contributed by atoms with E-state index in [0.29, 0.717) is 0 Å². The van der Waals surface area contributed by atoms with Crippen LogP contribution in [0.5, 0.6) is 0 Å². The molecule has 0 radical (unpaired) electrons. The second kappa shape index (κ2) is 4.14. The zero-order chi connectivity index (χ0) is 10.8. The Morgan fingerprint density at radius 2 is 1.64 bits per heavy atom. The van der Waals surface area contributed by atoms with Crippen LogP contribution in [0.2, 0.25) is 5.02 Å². The summed E-state index contributed by atoms with van der Waals surface area (Å²) in [6.45, 7) is 8.29. The lowest BCUT2D eigenvalue weighted by atomic mass is 10.1. The van der Waals surface area contributed by atoms with E-state index in [0.717, 1.165) is 16.3 Å². The fourth-order valence-corrected chi connectivity index (χ4v) is 1.38. The second-order valence-electron chi connectivity index (χ2n) is 4.37. The van der Waals surface area contributed by atoms with Crippen molar-refractivity contribution in [2.45, 2.75) is 33.2 Å². The molecule has 0 atom stereocenters. The molecule has 0 bridgehead atoms. The highest BCUT2D eigenvalue weighted by Crippen LogP contribution is 2.13. The van der Waals surface area contributed by atoms with Crippen molar-refractivity contribution in [3.63, 3.8) is 0 Å². The van der Waals surface area contributed by atoms with E-state index in [9.17, 15) is 0 Å². The Labute approximate surface area is 90.8 Å². The van der Waals surface area contributed by atoms with Gasteiger partial charge in [0.1, 0.15) is 0 Å². The van der Waals surface area contributed by atoms with E-state index >= 15 is 0 Å². The molecule has 0 saturated carbocycles. The van der Waals surface area contributed by atoms with Crippen LogP contribution in [0.1, 0.15) is 33.3 Å². The van der Waals surface area contributed by atoms with E-state index in [1.807, 2.05) is 31.2 Å². The van der Waals surface area contributed by atoms with E-state index in [1.165, 1.54) is 0 Å². The van der Waals surface area contributed by atoms with Crippen molar-refractivity contribution in [2.24, 2.45) is 4.99 Å². The average molecular weight is 210 g/mol. The number of rotatable bonds is 1. The first-order valence-electron chi connectivity index (χ1n) is 4.71. The third-order valence-corrected chi connectivity index (χ3v) is 2.02. The summed E-state index contributed by atoms with van der Waals surface area (Å²) in [6.07, 6.45) is 0. The molecule has 1 rings (SSSR count). The molecule has 0 fully saturated rings. The minimum atomic E-state index is -0.0241. The van der Waals surface area contributed by atoms with Crippen LogP contribution in [0, 0.1) is 0 Å². The molecule has 0 aliphatic rings. The Bertz CT molecular complexity index is 330. The maximum atomic E-state index is 5.81. The van der Waals surface area contributed by atoms with Gasteiger partial charge >= 0.3 is 0 Å². The Balaban J connectivity index is 2.95. The summed E-state index contributed by atoms with van der Waals surface area (Å²) in [4.78, 5) is 4.58. The first-order chi connectivity index (χ1) is 6.38. The highest BCUT2D eigenvalue weighted by atomic mass is 35.5. The van der Waals surface area contributed by atoms with Crippen LogP contribution in [0.3, 0.4) is 0 Å². The highest BCUT2D eigenvalue weighted by Gasteiger charge is 2.08. The van der Waals surface area contributed by atoms with Crippen LogP contribution in [-0.2, 0) is 0 Å². The van der Waals surface area contributed by atoms with E-state index in [2.05, 4.69) is 25.8 Å². The van der Waals surface area contributed by atoms with Gasteiger partial charge in [-0.1, -0.05) is 23.7 Å². The summed E-state index contributed by atoms with van der Waals surface area (Å²) in [5.74, 6) is 0. The first kappa shape index (κ1) is 11.3. The summed E-state index contributed by atoms with van der Waals surface area (Å²) >= 11 is 5.81. The average Bonchev–Trinajstić information content (AvgIpc) is 2.02. The monoisotopic (exact) mass is 209 g/mol. The van der Waals surface area contributed by atoms with Gasteiger partial charge in [0, 0.05) is 10.7 Å². The summed E-state index contributed by atoms with van der Waals surface area (Å²) in [5.41, 5.74) is 2.16. The van der Waals surface area contributed by atoms with Crippen molar-refractivity contribution in [1.29, 1.82) is 0 Å². The Morgan fingerprint density at radius 3 is 2.07 bits per heavy atom. The molecule has 0 aliphatic heterocycles. The molecule has 0 N–H and O–H groups in total. The summed E-state index contributed by atoms with van der Waals surface area (Å²) < 4.78 is 0. The number of aliphatic imine (C=N–C) groups is 1. The number of benzene rings is 1. The number of nitrogens with zero attached hydrogens (tertiary/aromatic N) is 1. The van der Waals surface area contributed by atoms with Crippen LogP contribution in [0.4, 0.5) is 0 Å². The predicted octanol–water partition coefficient (Wildman–Crippen LogP) is 3.95. The topological polar surface area (TPSA) is 12.4 Å². The van der Waals surface area contributed by atoms with Crippen molar-refractivity contribution < 1.29 is 0 Å². The molecule has 0 unspecified atom stereocenters. The van der Waals surface area contributed by atoms with E-state index in [-0.39, 0.29) is 5.54 Å². The molecule has 14 heavy (non-hydrogen) atoms. The molecule has 76 valence electrons. The van der Waals surface area contributed by atoms with Crippen LogP contribution in [0.25, 0.3) is 0 Å². The molecule has 1 nitrogen and oxygen atoms in total. The summed E-state index contributed by atoms with van der Waals surface area (Å²) in [6, 6.07) is 7.76. The van der Waals surface area contributed by atoms with Gasteiger partial charge < -0.3 is 0 Å². The van der Waals surface area contributed by atoms with Gasteiger partial charge in [0.25, 0.3) is 0 Å². The highest BCUT2D eigenvalue weighted by molar-refractivity contribution is 6.30. The number of halogens is 1. The van der Waals surface area contributed by atoms with Gasteiger partial charge in [0.2, 0.25) is 0 Å². The van der Waals surface area contributed by atoms with Crippen molar-refractivity contribution in [3.05, 3.63) is 34.9 Å². The lowest BCUT2D eigenvalue weighted by molar-refractivity contribution is 0.584. The summed E-state index contributed by atoms with van der Waals surface area (Å²) in [7, 11) is 0. The molecule has 0 heterocycles. The van der Waals surface area contributed by atoms with E-state index in [4.69, 9.17) is 11.6 Å². The molecule has 1 aromatic rings. The van der Waals surface area contributed by atoms with Crippen LogP contribution >= 0.6 is 11.6 Å². The maximum Gasteiger partial charge on any atom is 0.0527 e. The quantitative estimate of drug-likeness (QED) is 0.622. The third kappa shape index (κ3) is 3.51. The molecular weight excluding hydrogens is 194 g/mol. The zero-order valence-corrected chi connectivity index (χ0v) is 9.89. The molecule has 2 heteroatoms. The third-order valence-electron chi connectivity index (χ3n) is 1.77. The Hall–Kier alpha value is -0.820. The molecule has 1 aromatic carbocycles. The molecule has 0 spiro atoms. The van der Waals surface area contributed by atoms with E-state index < -0.39 is 0 Å². The molecular formula is C12H16ClN. The van der Waals surface area contributed by atoms with Gasteiger partial charge in [0.05, 0.1) is 5.54 Å². The molecule has 0 amide bonds. The maximum absolute atomic E-state index is 5.81. The van der Waals surface area contributed by atoms with Gasteiger partial charge in [-0.3, -0.25) is 4.99 Å². The zero-order valence-electron chi connectivity index (χ0n) is 9.13. The smallest absolute Gasteiger partial charge is 0.0527 e. The fraction of sp³-hybridized carbons (Fsp3) is 0.417. The fourth-order valence-electron chi connectivity index (χ4n) is 1.26. The SMILES string of the molecule is CC(=NC(C)(C)C)c1ccc(Cl)cc1. The molecule has 0 aliphatic carbocycles. The van der Waals surface area contributed by atoms with Gasteiger partial charge in [-0.05, 0) is 45.4 Å². The minimum Gasteiger partial charge on any atom is -0.284 e. The van der Waals surface area contributed by atoms with Crippen LogP contribution in [0.15, 0.2) is 29.3 Å². The van der Waals surface area contributed by atoms with Gasteiger partial charge in [-0.25, -0.2) is 0 Å². The standard InChI is InChI=1S/C12H16ClN/c1-9(14-12(2,3)4)10-5-7-11(13)8-6-10/h5-8H,1-4H3. The molecule has 0 aromatic heterocycles. The first-order valence-corrected chi connectivity index (χ1v) is 5.09. The van der Waals surface area contributed by atoms with Crippen molar-refractivity contribution in [3.8, 4) is 0 Å². The van der Waals surface area contributed by atoms with Crippen molar-refractivity contribution >= 4 is 17.3 Å². The van der Waals surface area contributed by atoms with Gasteiger partial charge in [0.15, 0.2) is 0 Å². The van der Waals surface area contributed by atoms with Gasteiger partial charge in [-0.2, -0.15) is 0 Å². The van der Waals surface area contributed by atoms with Crippen molar-refractivity contribution in [2.75, 3.05) is 0 Å². The Morgan fingerprint density at radius 1 is 1.14 bits per heavy atom. The summed E-state index contributed by atoms with van der Waals surface area (Å²) in [5, 5.41) is 0.761. The van der Waals surface area contributed by atoms with Crippen molar-refractivity contribution in [1.82, 2.24) is 0 Å². The molecule has 0 saturated heterocycles. The second-order valence-corrected chi connectivity index (χ2v) is 4.81. The lowest BCUT2D eigenvalue weighted by Crippen LogP contribution is -2.13. The number of hydrogen-bond acceptors (Lipinski definition) is 1. The normalized spacial score (nSPS) is 13.1. The predicted molar refractivity (Wildman–Crippen MR) is 63.4 cm³/mol. The number of hydrogen-bond donors (Lipinski definition) is 0. The van der Waals surface area contributed by atoms with Crippen LogP contribution in [-0.4, -0.2) is 11.3 Å². The van der Waals surface area contributed by atoms with E-state index in [1.54, 1.807) is 0 Å². The lowest BCUT2D eigenvalue weighted by Gasteiger charge is -2.14.